The summed E-state index contributed by atoms with van der Waals surface area (Å²) in [6, 6.07) is 0.313. The highest BCUT2D eigenvalue weighted by molar-refractivity contribution is 7.80. The van der Waals surface area contributed by atoms with Crippen LogP contribution in [0.1, 0.15) is 67.2 Å². The van der Waals surface area contributed by atoms with Crippen LogP contribution in [0.3, 0.4) is 0 Å². The first-order valence-corrected chi connectivity index (χ1v) is 10.7. The van der Waals surface area contributed by atoms with Gasteiger partial charge >= 0.3 is 0 Å². The third-order valence-electron chi connectivity index (χ3n) is 5.71. The smallest absolute Gasteiger partial charge is 0.241 e. The Bertz CT molecular complexity index is 500. The molecule has 0 aromatic rings. The van der Waals surface area contributed by atoms with Crippen LogP contribution in [0.2, 0.25) is 0 Å². The molecule has 0 unspecified atom stereocenters. The molecule has 0 aliphatic carbocycles. The van der Waals surface area contributed by atoms with Crippen molar-refractivity contribution in [2.24, 2.45) is 11.8 Å². The Labute approximate surface area is 165 Å². The van der Waals surface area contributed by atoms with Gasteiger partial charge in [0.05, 0.1) is 11.7 Å². The number of likely N-dealkylation sites (tertiary alicyclic amines) is 1. The molecular weight excluding hydrogens is 344 g/mol. The molecule has 2 rings (SSSR count). The number of amides is 1. The van der Waals surface area contributed by atoms with E-state index >= 15 is 0 Å². The van der Waals surface area contributed by atoms with Crippen molar-refractivity contribution in [2.45, 2.75) is 85.0 Å². The molecule has 2 aliphatic rings. The van der Waals surface area contributed by atoms with Gasteiger partial charge in [0, 0.05) is 38.5 Å². The quantitative estimate of drug-likeness (QED) is 0.692. The second-order valence-corrected chi connectivity index (χ2v) is 9.30. The number of rotatable bonds is 6. The van der Waals surface area contributed by atoms with Gasteiger partial charge < -0.3 is 15.1 Å². The molecular formula is C20H38N4OS. The first-order valence-electron chi connectivity index (χ1n) is 10.3. The average molecular weight is 383 g/mol. The Kier molecular flexibility index (Phi) is 7.31. The molecule has 150 valence electrons. The van der Waals surface area contributed by atoms with E-state index in [4.69, 9.17) is 12.2 Å². The SMILES string of the molecule is CC[C@H](C)CN1C(=O)[C@H](CC(C)C)NC12CCN(C(=S)NC(C)C)CC2. The lowest BCUT2D eigenvalue weighted by atomic mass is 9.94. The highest BCUT2D eigenvalue weighted by atomic mass is 32.1. The van der Waals surface area contributed by atoms with Crippen LogP contribution >= 0.6 is 12.2 Å². The number of thiocarbonyl (C=S) groups is 1. The van der Waals surface area contributed by atoms with Crippen molar-refractivity contribution in [3.8, 4) is 0 Å². The summed E-state index contributed by atoms with van der Waals surface area (Å²) in [6.45, 7) is 15.7. The van der Waals surface area contributed by atoms with Crippen LogP contribution < -0.4 is 10.6 Å². The molecule has 0 saturated carbocycles. The van der Waals surface area contributed by atoms with Gasteiger partial charge in [-0.25, -0.2) is 0 Å². The van der Waals surface area contributed by atoms with Crippen molar-refractivity contribution in [2.75, 3.05) is 19.6 Å². The van der Waals surface area contributed by atoms with E-state index in [0.29, 0.717) is 23.8 Å². The predicted molar refractivity (Wildman–Crippen MR) is 112 cm³/mol. The third-order valence-corrected chi connectivity index (χ3v) is 6.09. The second kappa shape index (κ2) is 8.87. The van der Waals surface area contributed by atoms with Crippen molar-refractivity contribution in [1.82, 2.24) is 20.4 Å². The van der Waals surface area contributed by atoms with E-state index in [2.05, 4.69) is 62.0 Å². The van der Waals surface area contributed by atoms with Crippen LogP contribution in [-0.2, 0) is 4.79 Å². The molecule has 2 N–H and O–H groups in total. The molecule has 26 heavy (non-hydrogen) atoms. The minimum atomic E-state index is -0.190. The maximum absolute atomic E-state index is 13.1. The number of nitrogens with one attached hydrogen (secondary N) is 2. The molecule has 0 aromatic heterocycles. The lowest BCUT2D eigenvalue weighted by Crippen LogP contribution is -2.61. The van der Waals surface area contributed by atoms with E-state index in [1.54, 1.807) is 0 Å². The van der Waals surface area contributed by atoms with Crippen LogP contribution in [-0.4, -0.2) is 58.2 Å². The number of carbonyl (C=O) groups excluding carboxylic acids is 1. The fraction of sp³-hybridized carbons (Fsp3) is 0.900. The third kappa shape index (κ3) is 4.89. The zero-order chi connectivity index (χ0) is 19.5. The molecule has 1 amide bonds. The van der Waals surface area contributed by atoms with Crippen LogP contribution in [0.5, 0.6) is 0 Å². The Morgan fingerprint density at radius 3 is 2.38 bits per heavy atom. The fourth-order valence-corrected chi connectivity index (χ4v) is 4.45. The lowest BCUT2D eigenvalue weighted by molar-refractivity contribution is -0.134. The summed E-state index contributed by atoms with van der Waals surface area (Å²) in [7, 11) is 0. The average Bonchev–Trinajstić information content (AvgIpc) is 2.79. The van der Waals surface area contributed by atoms with E-state index < -0.39 is 0 Å². The molecule has 5 nitrogen and oxygen atoms in total. The molecule has 1 spiro atoms. The molecule has 0 bridgehead atoms. The van der Waals surface area contributed by atoms with Gasteiger partial charge in [-0.05, 0) is 44.3 Å². The van der Waals surface area contributed by atoms with E-state index in [0.717, 1.165) is 50.4 Å². The van der Waals surface area contributed by atoms with E-state index in [1.807, 2.05) is 0 Å². The number of carbonyl (C=O) groups is 1. The van der Waals surface area contributed by atoms with Gasteiger partial charge in [0.15, 0.2) is 5.11 Å². The number of nitrogens with zero attached hydrogens (tertiary/aromatic N) is 2. The van der Waals surface area contributed by atoms with Crippen molar-refractivity contribution in [1.29, 1.82) is 0 Å². The molecule has 0 aromatic carbocycles. The van der Waals surface area contributed by atoms with Gasteiger partial charge in [-0.3, -0.25) is 10.1 Å². The summed E-state index contributed by atoms with van der Waals surface area (Å²) >= 11 is 5.55. The normalized spacial score (nSPS) is 24.0. The summed E-state index contributed by atoms with van der Waals surface area (Å²) < 4.78 is 0. The Balaban J connectivity index is 2.11. The van der Waals surface area contributed by atoms with Gasteiger partial charge in [0.1, 0.15) is 0 Å². The molecule has 2 heterocycles. The minimum absolute atomic E-state index is 0.0358. The first kappa shape index (κ1) is 21.4. The number of hydrogen-bond acceptors (Lipinski definition) is 3. The molecule has 2 atom stereocenters. The summed E-state index contributed by atoms with van der Waals surface area (Å²) in [5.41, 5.74) is -0.190. The van der Waals surface area contributed by atoms with E-state index in [9.17, 15) is 4.79 Å². The predicted octanol–water partition coefficient (Wildman–Crippen LogP) is 2.95. The topological polar surface area (TPSA) is 47.6 Å². The Hall–Kier alpha value is -0.880. The Morgan fingerprint density at radius 1 is 1.27 bits per heavy atom. The van der Waals surface area contributed by atoms with E-state index in [1.165, 1.54) is 0 Å². The van der Waals surface area contributed by atoms with Gasteiger partial charge in [0.25, 0.3) is 0 Å². The van der Waals surface area contributed by atoms with Crippen molar-refractivity contribution in [3.63, 3.8) is 0 Å². The molecule has 2 fully saturated rings. The highest BCUT2D eigenvalue weighted by Crippen LogP contribution is 2.35. The van der Waals surface area contributed by atoms with Crippen LogP contribution in [0.4, 0.5) is 0 Å². The lowest BCUT2D eigenvalue weighted by Gasteiger charge is -2.46. The van der Waals surface area contributed by atoms with Crippen molar-refractivity contribution >= 4 is 23.2 Å². The summed E-state index contributed by atoms with van der Waals surface area (Å²) in [5, 5.41) is 7.94. The van der Waals surface area contributed by atoms with Crippen molar-refractivity contribution in [3.05, 3.63) is 0 Å². The zero-order valence-electron chi connectivity index (χ0n) is 17.5. The summed E-state index contributed by atoms with van der Waals surface area (Å²) in [6.07, 6.45) is 3.88. The highest BCUT2D eigenvalue weighted by Gasteiger charge is 2.51. The van der Waals surface area contributed by atoms with Gasteiger partial charge in [-0.2, -0.15) is 0 Å². The second-order valence-electron chi connectivity index (χ2n) is 8.91. The monoisotopic (exact) mass is 382 g/mol. The zero-order valence-corrected chi connectivity index (χ0v) is 18.3. The standard InChI is InChI=1S/C20H38N4OS/c1-7-16(6)13-24-18(25)17(12-14(2)3)22-20(24)8-10-23(11-9-20)19(26)21-15(4)5/h14-17,22H,7-13H2,1-6H3,(H,21,26)/t16-,17-/m0/s1. The van der Waals surface area contributed by atoms with E-state index in [-0.39, 0.29) is 11.7 Å². The first-order chi connectivity index (χ1) is 12.2. The summed E-state index contributed by atoms with van der Waals surface area (Å²) in [5.74, 6) is 1.34. The van der Waals surface area contributed by atoms with Crippen molar-refractivity contribution < 1.29 is 4.79 Å². The number of piperidine rings is 1. The van der Waals surface area contributed by atoms with Gasteiger partial charge in [0.2, 0.25) is 5.91 Å². The molecule has 0 radical (unpaired) electrons. The molecule has 2 aliphatic heterocycles. The van der Waals surface area contributed by atoms with Gasteiger partial charge in [-0.15, -0.1) is 0 Å². The largest absolute Gasteiger partial charge is 0.360 e. The maximum Gasteiger partial charge on any atom is 0.241 e. The van der Waals surface area contributed by atoms with Crippen LogP contribution in [0, 0.1) is 11.8 Å². The van der Waals surface area contributed by atoms with Gasteiger partial charge in [-0.1, -0.05) is 34.1 Å². The summed E-state index contributed by atoms with van der Waals surface area (Å²) in [4.78, 5) is 17.6. The molecule has 2 saturated heterocycles. The number of hydrogen-bond donors (Lipinski definition) is 2. The molecule has 6 heteroatoms. The fourth-order valence-electron chi connectivity index (χ4n) is 4.03. The Morgan fingerprint density at radius 2 is 1.88 bits per heavy atom. The van der Waals surface area contributed by atoms with Crippen LogP contribution in [0.25, 0.3) is 0 Å². The van der Waals surface area contributed by atoms with Crippen LogP contribution in [0.15, 0.2) is 0 Å². The minimum Gasteiger partial charge on any atom is -0.360 e. The maximum atomic E-state index is 13.1.